The normalized spacial score (nSPS) is 14.4. The van der Waals surface area contributed by atoms with E-state index in [1.165, 1.54) is 6.07 Å². The molecule has 2 aromatic carbocycles. The van der Waals surface area contributed by atoms with Crippen LogP contribution in [0.25, 0.3) is 0 Å². The quantitative estimate of drug-likeness (QED) is 0.637. The van der Waals surface area contributed by atoms with Crippen LogP contribution in [0, 0.1) is 11.6 Å². The van der Waals surface area contributed by atoms with E-state index in [0.717, 1.165) is 43.6 Å². The monoisotopic (exact) mass is 416 g/mol. The van der Waals surface area contributed by atoms with Crippen molar-refractivity contribution in [3.05, 3.63) is 65.7 Å². The minimum Gasteiger partial charge on any atom is -0.491 e. The summed E-state index contributed by atoms with van der Waals surface area (Å²) < 4.78 is 31.8. The lowest BCUT2D eigenvalue weighted by atomic mass is 10.0. The molecule has 0 spiro atoms. The molecule has 1 heterocycles. The minimum atomic E-state index is -0.779. The average molecular weight is 416 g/mol. The largest absolute Gasteiger partial charge is 0.491 e. The molecule has 0 aromatic heterocycles. The van der Waals surface area contributed by atoms with Crippen LogP contribution in [-0.2, 0) is 16.0 Å². The second-order valence-corrected chi connectivity index (χ2v) is 7.37. The Morgan fingerprint density at radius 1 is 1.07 bits per heavy atom. The Labute approximate surface area is 175 Å². The van der Waals surface area contributed by atoms with Gasteiger partial charge in [0.2, 0.25) is 11.8 Å². The number of benzene rings is 2. The Kier molecular flexibility index (Phi) is 7.76. The molecule has 0 aliphatic carbocycles. The van der Waals surface area contributed by atoms with E-state index < -0.39 is 17.7 Å². The molecule has 1 aliphatic heterocycles. The van der Waals surface area contributed by atoms with Gasteiger partial charge in [0.05, 0.1) is 6.61 Å². The number of amides is 2. The molecule has 0 saturated carbocycles. The molecule has 1 N–H and O–H groups in total. The van der Waals surface area contributed by atoms with Crippen LogP contribution in [-0.4, -0.2) is 42.5 Å². The van der Waals surface area contributed by atoms with E-state index in [1.54, 1.807) is 4.90 Å². The second-order valence-electron chi connectivity index (χ2n) is 7.37. The van der Waals surface area contributed by atoms with Crippen LogP contribution in [0.3, 0.4) is 0 Å². The van der Waals surface area contributed by atoms with Crippen LogP contribution in [0.15, 0.2) is 48.5 Å². The van der Waals surface area contributed by atoms with Crippen molar-refractivity contribution in [2.45, 2.75) is 38.1 Å². The first-order valence-corrected chi connectivity index (χ1v) is 10.2. The first-order chi connectivity index (χ1) is 14.5. The fraction of sp³-hybridized carbons (Fsp3) is 0.391. The van der Waals surface area contributed by atoms with E-state index >= 15 is 0 Å². The first kappa shape index (κ1) is 21.7. The van der Waals surface area contributed by atoms with Crippen molar-refractivity contribution in [3.8, 4) is 5.75 Å². The van der Waals surface area contributed by atoms with Crippen molar-refractivity contribution < 1.29 is 23.1 Å². The van der Waals surface area contributed by atoms with Gasteiger partial charge in [-0.2, -0.15) is 0 Å². The van der Waals surface area contributed by atoms with E-state index in [2.05, 4.69) is 5.32 Å². The Bertz CT molecular complexity index is 855. The molecule has 1 atom stereocenters. The lowest BCUT2D eigenvalue weighted by molar-refractivity contribution is -0.135. The summed E-state index contributed by atoms with van der Waals surface area (Å²) in [4.78, 5) is 27.1. The van der Waals surface area contributed by atoms with E-state index in [4.69, 9.17) is 4.74 Å². The standard InChI is InChI=1S/C23H26F2N2O3/c24-18-10-11-21(19(25)16-18)30-14-6-9-22(28)26-20(15-17-7-2-1-3-8-17)23(29)27-12-4-5-13-27/h1-3,7-8,10-11,16,20H,4-6,9,12-15H2,(H,26,28). The summed E-state index contributed by atoms with van der Waals surface area (Å²) in [5, 5.41) is 2.85. The van der Waals surface area contributed by atoms with E-state index in [9.17, 15) is 18.4 Å². The fourth-order valence-electron chi connectivity index (χ4n) is 3.48. The third-order valence-electron chi connectivity index (χ3n) is 5.03. The molecule has 2 amide bonds. The van der Waals surface area contributed by atoms with Crippen LogP contribution in [0.2, 0.25) is 0 Å². The predicted molar refractivity (Wildman–Crippen MR) is 109 cm³/mol. The average Bonchev–Trinajstić information content (AvgIpc) is 3.27. The summed E-state index contributed by atoms with van der Waals surface area (Å²) in [6, 6.07) is 12.0. The molecule has 1 aliphatic rings. The smallest absolute Gasteiger partial charge is 0.245 e. The molecule has 2 aromatic rings. The van der Waals surface area contributed by atoms with Gasteiger partial charge in [0.15, 0.2) is 11.6 Å². The second kappa shape index (κ2) is 10.7. The molecule has 160 valence electrons. The Morgan fingerprint density at radius 2 is 1.80 bits per heavy atom. The van der Waals surface area contributed by atoms with Gasteiger partial charge in [0, 0.05) is 32.0 Å². The maximum Gasteiger partial charge on any atom is 0.245 e. The summed E-state index contributed by atoms with van der Waals surface area (Å²) in [6.07, 6.45) is 2.88. The Balaban J connectivity index is 1.51. The molecular weight excluding hydrogens is 390 g/mol. The number of carbonyl (C=O) groups excluding carboxylic acids is 2. The van der Waals surface area contributed by atoms with Crippen LogP contribution >= 0.6 is 0 Å². The van der Waals surface area contributed by atoms with E-state index in [1.807, 2.05) is 30.3 Å². The Hall–Kier alpha value is -2.96. The molecule has 30 heavy (non-hydrogen) atoms. The van der Waals surface area contributed by atoms with Gasteiger partial charge in [-0.3, -0.25) is 9.59 Å². The molecule has 7 heteroatoms. The first-order valence-electron chi connectivity index (χ1n) is 10.2. The van der Waals surface area contributed by atoms with Gasteiger partial charge >= 0.3 is 0 Å². The molecular formula is C23H26F2N2O3. The summed E-state index contributed by atoms with van der Waals surface area (Å²) in [6.45, 7) is 1.55. The fourth-order valence-corrected chi connectivity index (χ4v) is 3.48. The number of likely N-dealkylation sites (tertiary alicyclic amines) is 1. The number of halogens is 2. The molecule has 3 rings (SSSR count). The number of hydrogen-bond donors (Lipinski definition) is 1. The number of ether oxygens (including phenoxy) is 1. The number of carbonyl (C=O) groups is 2. The number of rotatable bonds is 9. The topological polar surface area (TPSA) is 58.6 Å². The molecule has 1 unspecified atom stereocenters. The highest BCUT2D eigenvalue weighted by atomic mass is 19.1. The molecule has 0 radical (unpaired) electrons. The van der Waals surface area contributed by atoms with Crippen LogP contribution in [0.5, 0.6) is 5.75 Å². The summed E-state index contributed by atoms with van der Waals surface area (Å²) in [5.74, 6) is -1.83. The highest BCUT2D eigenvalue weighted by Crippen LogP contribution is 2.18. The van der Waals surface area contributed by atoms with Crippen molar-refractivity contribution in [3.63, 3.8) is 0 Å². The number of nitrogens with one attached hydrogen (secondary N) is 1. The van der Waals surface area contributed by atoms with Crippen molar-refractivity contribution in [1.82, 2.24) is 10.2 Å². The lowest BCUT2D eigenvalue weighted by Gasteiger charge is -2.24. The van der Waals surface area contributed by atoms with Gasteiger partial charge in [-0.1, -0.05) is 30.3 Å². The van der Waals surface area contributed by atoms with Gasteiger partial charge < -0.3 is 15.0 Å². The third kappa shape index (κ3) is 6.27. The van der Waals surface area contributed by atoms with Gasteiger partial charge in [0.1, 0.15) is 11.9 Å². The van der Waals surface area contributed by atoms with Crippen LogP contribution in [0.1, 0.15) is 31.2 Å². The molecule has 0 bridgehead atoms. The zero-order chi connectivity index (χ0) is 21.3. The van der Waals surface area contributed by atoms with Gasteiger partial charge in [0.25, 0.3) is 0 Å². The van der Waals surface area contributed by atoms with Gasteiger partial charge in [-0.15, -0.1) is 0 Å². The number of hydrogen-bond acceptors (Lipinski definition) is 3. The highest BCUT2D eigenvalue weighted by Gasteiger charge is 2.27. The molecule has 5 nitrogen and oxygen atoms in total. The summed E-state index contributed by atoms with van der Waals surface area (Å²) >= 11 is 0. The SMILES string of the molecule is O=C(CCCOc1ccc(F)cc1F)NC(Cc1ccccc1)C(=O)N1CCCC1. The highest BCUT2D eigenvalue weighted by molar-refractivity contribution is 5.88. The lowest BCUT2D eigenvalue weighted by Crippen LogP contribution is -2.49. The van der Waals surface area contributed by atoms with Gasteiger partial charge in [-0.05, 0) is 37.0 Å². The third-order valence-corrected chi connectivity index (χ3v) is 5.03. The van der Waals surface area contributed by atoms with Crippen LogP contribution < -0.4 is 10.1 Å². The zero-order valence-corrected chi connectivity index (χ0v) is 16.8. The predicted octanol–water partition coefficient (Wildman–Crippen LogP) is 3.47. The minimum absolute atomic E-state index is 0.0528. The maximum absolute atomic E-state index is 13.6. The van der Waals surface area contributed by atoms with Crippen LogP contribution in [0.4, 0.5) is 8.78 Å². The maximum atomic E-state index is 13.6. The van der Waals surface area contributed by atoms with Crippen molar-refractivity contribution in [1.29, 1.82) is 0 Å². The van der Waals surface area contributed by atoms with Crippen molar-refractivity contribution in [2.75, 3.05) is 19.7 Å². The zero-order valence-electron chi connectivity index (χ0n) is 16.8. The summed E-state index contributed by atoms with van der Waals surface area (Å²) in [5.41, 5.74) is 0.977. The summed E-state index contributed by atoms with van der Waals surface area (Å²) in [7, 11) is 0. The van der Waals surface area contributed by atoms with Gasteiger partial charge in [-0.25, -0.2) is 8.78 Å². The molecule has 1 fully saturated rings. The van der Waals surface area contributed by atoms with E-state index in [-0.39, 0.29) is 30.6 Å². The van der Waals surface area contributed by atoms with Crippen molar-refractivity contribution in [2.24, 2.45) is 0 Å². The number of nitrogens with zero attached hydrogens (tertiary/aromatic N) is 1. The molecule has 1 saturated heterocycles. The van der Waals surface area contributed by atoms with E-state index in [0.29, 0.717) is 12.8 Å². The Morgan fingerprint density at radius 3 is 2.50 bits per heavy atom. The van der Waals surface area contributed by atoms with Crippen molar-refractivity contribution >= 4 is 11.8 Å².